The lowest BCUT2D eigenvalue weighted by molar-refractivity contribution is -0.0422. The molecule has 3 aromatic rings. The number of amides is 2. The molecule has 1 heterocycles. The molecule has 1 aromatic heterocycles. The number of hydrogen-bond donors (Lipinski definition) is 2. The van der Waals surface area contributed by atoms with Crippen LogP contribution >= 0.6 is 11.3 Å². The van der Waals surface area contributed by atoms with E-state index in [0.717, 1.165) is 36.0 Å². The van der Waals surface area contributed by atoms with E-state index in [0.29, 0.717) is 39.5 Å². The number of carbonyl (C=O) groups excluding carboxylic acids is 2. The topological polar surface area (TPSA) is 153 Å². The van der Waals surface area contributed by atoms with Gasteiger partial charge in [-0.25, -0.2) is 9.71 Å². The first kappa shape index (κ1) is 32.5. The maximum absolute atomic E-state index is 13.8. The number of rotatable bonds is 15. The molecule has 14 heteroatoms. The lowest BCUT2D eigenvalue weighted by atomic mass is 10.1. The fraction of sp³-hybridized carbons (Fsp3) is 0.321. The van der Waals surface area contributed by atoms with E-state index in [1.54, 1.807) is 17.0 Å². The van der Waals surface area contributed by atoms with Crippen LogP contribution in [0.4, 0.5) is 0 Å². The van der Waals surface area contributed by atoms with Crippen LogP contribution in [0, 0.1) is 6.92 Å². The van der Waals surface area contributed by atoms with Crippen molar-refractivity contribution in [2.45, 2.75) is 26.3 Å². The highest BCUT2D eigenvalue weighted by molar-refractivity contribution is 7.87. The molecular formula is C28H35N5O7S2. The number of thiazole rings is 1. The number of nitrogens with one attached hydrogen (secondary N) is 1. The Hall–Kier alpha value is -3.98. The van der Waals surface area contributed by atoms with Gasteiger partial charge in [0, 0.05) is 28.7 Å². The van der Waals surface area contributed by atoms with Crippen LogP contribution < -0.4 is 19.9 Å². The summed E-state index contributed by atoms with van der Waals surface area (Å²) in [4.78, 5) is 37.2. The van der Waals surface area contributed by atoms with Gasteiger partial charge in [-0.15, -0.1) is 11.3 Å². The summed E-state index contributed by atoms with van der Waals surface area (Å²) in [5, 5.41) is 1.86. The second kappa shape index (κ2) is 14.8. The summed E-state index contributed by atoms with van der Waals surface area (Å²) < 4.78 is 38.4. The molecule has 0 aliphatic rings. The van der Waals surface area contributed by atoms with Crippen molar-refractivity contribution in [2.24, 2.45) is 5.73 Å². The van der Waals surface area contributed by atoms with Crippen LogP contribution in [-0.2, 0) is 28.0 Å². The maximum Gasteiger partial charge on any atom is 0.326 e. The second-order valence-electron chi connectivity index (χ2n) is 9.19. The SMILES string of the molecule is C=C(N)CN(OC)S(=O)(=O)NC(=O)c1csc(CN(CCCc2ccccc2)C(=O)c2cc(OC)c(C)c(OC)c2)n1. The smallest absolute Gasteiger partial charge is 0.326 e. The van der Waals surface area contributed by atoms with Crippen molar-refractivity contribution in [2.75, 3.05) is 34.4 Å². The molecule has 226 valence electrons. The number of hydroxylamine groups is 1. The van der Waals surface area contributed by atoms with Gasteiger partial charge in [-0.3, -0.25) is 14.4 Å². The van der Waals surface area contributed by atoms with Crippen LogP contribution in [0.3, 0.4) is 0 Å². The zero-order chi connectivity index (χ0) is 30.9. The fourth-order valence-corrected chi connectivity index (χ4v) is 5.81. The minimum atomic E-state index is -4.39. The van der Waals surface area contributed by atoms with Crippen molar-refractivity contribution in [3.05, 3.63) is 87.5 Å². The zero-order valence-corrected chi connectivity index (χ0v) is 25.6. The van der Waals surface area contributed by atoms with E-state index in [1.165, 1.54) is 19.6 Å². The highest BCUT2D eigenvalue weighted by Crippen LogP contribution is 2.30. The summed E-state index contributed by atoms with van der Waals surface area (Å²) in [5.74, 6) is -0.210. The first-order valence-corrected chi connectivity index (χ1v) is 15.1. The van der Waals surface area contributed by atoms with Gasteiger partial charge in [-0.2, -0.15) is 8.42 Å². The zero-order valence-electron chi connectivity index (χ0n) is 24.0. The van der Waals surface area contributed by atoms with Crippen LogP contribution in [0.15, 0.2) is 60.1 Å². The number of hydrogen-bond acceptors (Lipinski definition) is 10. The molecule has 0 aliphatic heterocycles. The predicted octanol–water partition coefficient (Wildman–Crippen LogP) is 3.05. The van der Waals surface area contributed by atoms with Gasteiger partial charge in [0.25, 0.3) is 11.8 Å². The largest absolute Gasteiger partial charge is 0.496 e. The molecule has 42 heavy (non-hydrogen) atoms. The van der Waals surface area contributed by atoms with Crippen LogP contribution in [-0.4, -0.2) is 69.0 Å². The summed E-state index contributed by atoms with van der Waals surface area (Å²) in [7, 11) is -0.221. The molecule has 0 spiro atoms. The van der Waals surface area contributed by atoms with Crippen LogP contribution in [0.1, 0.15) is 43.4 Å². The first-order valence-electron chi connectivity index (χ1n) is 12.8. The number of aromatic nitrogens is 1. The molecule has 0 saturated heterocycles. The molecule has 2 aromatic carbocycles. The molecule has 3 rings (SSSR count). The van der Waals surface area contributed by atoms with Gasteiger partial charge in [0.05, 0.1) is 34.4 Å². The van der Waals surface area contributed by atoms with Crippen molar-refractivity contribution in [3.8, 4) is 11.5 Å². The predicted molar refractivity (Wildman–Crippen MR) is 159 cm³/mol. The lowest BCUT2D eigenvalue weighted by Crippen LogP contribution is -2.44. The molecule has 0 radical (unpaired) electrons. The third-order valence-electron chi connectivity index (χ3n) is 6.16. The van der Waals surface area contributed by atoms with Crippen LogP contribution in [0.5, 0.6) is 11.5 Å². The Morgan fingerprint density at radius 1 is 1.10 bits per heavy atom. The van der Waals surface area contributed by atoms with E-state index >= 15 is 0 Å². The summed E-state index contributed by atoms with van der Waals surface area (Å²) in [6.45, 7) is 5.42. The Morgan fingerprint density at radius 3 is 2.31 bits per heavy atom. The number of methoxy groups -OCH3 is 2. The van der Waals surface area contributed by atoms with E-state index in [1.807, 2.05) is 42.0 Å². The van der Waals surface area contributed by atoms with E-state index in [2.05, 4.69) is 11.6 Å². The second-order valence-corrected chi connectivity index (χ2v) is 11.7. The third-order valence-corrected chi connectivity index (χ3v) is 8.25. The Bertz CT molecular complexity index is 1480. The summed E-state index contributed by atoms with van der Waals surface area (Å²) in [6, 6.07) is 13.2. The molecule has 0 unspecified atom stereocenters. The molecular weight excluding hydrogens is 582 g/mol. The Labute approximate surface area is 249 Å². The van der Waals surface area contributed by atoms with Crippen LogP contribution in [0.25, 0.3) is 0 Å². The van der Waals surface area contributed by atoms with Crippen molar-refractivity contribution in [1.82, 2.24) is 19.1 Å². The monoisotopic (exact) mass is 617 g/mol. The van der Waals surface area contributed by atoms with Gasteiger partial charge in [-0.1, -0.05) is 41.4 Å². The van der Waals surface area contributed by atoms with Crippen LogP contribution in [0.2, 0.25) is 0 Å². The number of ether oxygens (including phenoxy) is 2. The lowest BCUT2D eigenvalue weighted by Gasteiger charge is -2.23. The Balaban J connectivity index is 1.82. The van der Waals surface area contributed by atoms with Gasteiger partial charge in [0.1, 0.15) is 22.2 Å². The molecule has 0 atom stereocenters. The van der Waals surface area contributed by atoms with Crippen molar-refractivity contribution in [1.29, 1.82) is 0 Å². The Kier molecular flexibility index (Phi) is 11.4. The van der Waals surface area contributed by atoms with Crippen molar-refractivity contribution in [3.63, 3.8) is 0 Å². The normalized spacial score (nSPS) is 11.3. The average Bonchev–Trinajstić information content (AvgIpc) is 3.44. The average molecular weight is 618 g/mol. The molecule has 0 bridgehead atoms. The third kappa shape index (κ3) is 8.52. The molecule has 12 nitrogen and oxygen atoms in total. The minimum Gasteiger partial charge on any atom is -0.496 e. The number of nitrogens with two attached hydrogens (primary N) is 1. The van der Waals surface area contributed by atoms with E-state index in [4.69, 9.17) is 20.0 Å². The molecule has 2 amide bonds. The molecule has 0 aliphatic carbocycles. The van der Waals surface area contributed by atoms with Gasteiger partial charge in [0.15, 0.2) is 0 Å². The quantitative estimate of drug-likeness (QED) is 0.245. The summed E-state index contributed by atoms with van der Waals surface area (Å²) in [6.07, 6.45) is 1.42. The number of nitrogens with zero attached hydrogens (tertiary/aromatic N) is 3. The molecule has 0 saturated carbocycles. The standard InChI is InChI=1S/C28H35N5O7S2/c1-19(29)16-33(40-5)42(36,37)31-27(34)23-18-41-26(30-23)17-32(13-9-12-21-10-7-6-8-11-21)28(35)22-14-24(38-3)20(2)25(15-22)39-4/h6-8,10-11,14-15,18H,1,9,12-13,16-17,29H2,2-5H3,(H,31,34). The van der Waals surface area contributed by atoms with Gasteiger partial charge in [0.2, 0.25) is 0 Å². The fourth-order valence-electron chi connectivity index (χ4n) is 4.05. The van der Waals surface area contributed by atoms with Crippen molar-refractivity contribution >= 4 is 33.4 Å². The number of benzene rings is 2. The highest BCUT2D eigenvalue weighted by atomic mass is 32.2. The van der Waals surface area contributed by atoms with E-state index in [9.17, 15) is 18.0 Å². The number of aryl methyl sites for hydroxylation is 1. The first-order chi connectivity index (χ1) is 20.0. The van der Waals surface area contributed by atoms with Crippen molar-refractivity contribution < 1.29 is 32.3 Å². The van der Waals surface area contributed by atoms with Gasteiger partial charge >= 0.3 is 10.2 Å². The Morgan fingerprint density at radius 2 is 1.74 bits per heavy atom. The van der Waals surface area contributed by atoms with Gasteiger partial charge in [-0.05, 0) is 37.5 Å². The van der Waals surface area contributed by atoms with E-state index in [-0.39, 0.29) is 30.4 Å². The summed E-state index contributed by atoms with van der Waals surface area (Å²) in [5.41, 5.74) is 7.65. The maximum atomic E-state index is 13.8. The minimum absolute atomic E-state index is 0.0199. The van der Waals surface area contributed by atoms with Gasteiger partial charge < -0.3 is 20.1 Å². The molecule has 0 fully saturated rings. The van der Waals surface area contributed by atoms with E-state index < -0.39 is 16.1 Å². The molecule has 3 N–H and O–H groups in total. The summed E-state index contributed by atoms with van der Waals surface area (Å²) >= 11 is 1.13. The highest BCUT2D eigenvalue weighted by Gasteiger charge is 2.27. The number of carbonyl (C=O) groups is 2.